The number of hydrogen-bond acceptors (Lipinski definition) is 3. The molecule has 1 saturated carbocycles. The molecule has 7 aromatic carbocycles. The predicted molar refractivity (Wildman–Crippen MR) is 222 cm³/mol. The third kappa shape index (κ3) is 5.64. The van der Waals surface area contributed by atoms with Gasteiger partial charge in [-0.2, -0.15) is 0 Å². The number of rotatable bonds is 6. The molecule has 0 N–H and O–H groups in total. The van der Waals surface area contributed by atoms with Crippen LogP contribution in [0.1, 0.15) is 43.2 Å². The molecule has 8 aromatic rings. The number of hydrogen-bond donors (Lipinski definition) is 0. The molecular formula is C51H39N3. The number of benzene rings is 7. The fourth-order valence-electron chi connectivity index (χ4n) is 8.93. The second kappa shape index (κ2) is 13.5. The van der Waals surface area contributed by atoms with Gasteiger partial charge < -0.3 is 0 Å². The minimum absolute atomic E-state index is 0.152. The molecule has 0 amide bonds. The molecule has 0 unspecified atom stereocenters. The van der Waals surface area contributed by atoms with E-state index in [9.17, 15) is 0 Å². The van der Waals surface area contributed by atoms with Crippen LogP contribution in [0.4, 0.5) is 0 Å². The molecule has 54 heavy (non-hydrogen) atoms. The fraction of sp³-hybridized carbons (Fsp3) is 0.118. The van der Waals surface area contributed by atoms with Crippen LogP contribution in [-0.2, 0) is 5.41 Å². The highest BCUT2D eigenvalue weighted by Gasteiger charge is 2.44. The van der Waals surface area contributed by atoms with E-state index in [1.807, 2.05) is 60.7 Å². The molecule has 0 atom stereocenters. The maximum Gasteiger partial charge on any atom is 0.164 e. The zero-order chi connectivity index (χ0) is 35.9. The standard InChI is InChI=1S/C51H39N3/c1-4-15-36(16-5-1)48-52-49(37-17-6-2-7-18-37)54-50(53-48)38-29-27-35(28-30-38)39-19-12-20-40(33-39)41-21-13-22-42(34-41)43-24-14-26-46-47(43)44-23-8-9-25-45(44)51(46)31-10-3-11-32-51/h1-2,4-9,12-30,33-34H,3,10-11,31-32H2. The van der Waals surface area contributed by atoms with Crippen molar-refractivity contribution >= 4 is 0 Å². The zero-order valence-corrected chi connectivity index (χ0v) is 30.1. The van der Waals surface area contributed by atoms with Gasteiger partial charge in [0.25, 0.3) is 0 Å². The normalized spacial score (nSPS) is 14.1. The summed E-state index contributed by atoms with van der Waals surface area (Å²) in [5.74, 6) is 1.98. The number of nitrogens with zero attached hydrogens (tertiary/aromatic N) is 3. The van der Waals surface area contributed by atoms with Crippen LogP contribution in [0.3, 0.4) is 0 Å². The Hall–Kier alpha value is -6.45. The summed E-state index contributed by atoms with van der Waals surface area (Å²) in [5.41, 5.74) is 16.3. The van der Waals surface area contributed by atoms with Crippen LogP contribution in [0.2, 0.25) is 0 Å². The molecule has 2 aliphatic rings. The van der Waals surface area contributed by atoms with Gasteiger partial charge >= 0.3 is 0 Å². The summed E-state index contributed by atoms with van der Waals surface area (Å²) in [6.07, 6.45) is 6.43. The molecule has 258 valence electrons. The Bertz CT molecular complexity index is 2560. The lowest BCUT2D eigenvalue weighted by molar-refractivity contribution is 0.353. The molecule has 1 heterocycles. The molecule has 1 fully saturated rings. The Morgan fingerprint density at radius 3 is 1.37 bits per heavy atom. The minimum Gasteiger partial charge on any atom is -0.208 e. The zero-order valence-electron chi connectivity index (χ0n) is 30.1. The van der Waals surface area contributed by atoms with Crippen molar-refractivity contribution in [3.8, 4) is 78.7 Å². The van der Waals surface area contributed by atoms with E-state index < -0.39 is 0 Å². The van der Waals surface area contributed by atoms with Crippen molar-refractivity contribution in [2.24, 2.45) is 0 Å². The van der Waals surface area contributed by atoms with Crippen molar-refractivity contribution in [3.05, 3.63) is 187 Å². The van der Waals surface area contributed by atoms with E-state index in [0.29, 0.717) is 17.5 Å². The molecule has 1 spiro atoms. The predicted octanol–water partition coefficient (Wildman–Crippen LogP) is 13.1. The summed E-state index contributed by atoms with van der Waals surface area (Å²) in [6.45, 7) is 0. The van der Waals surface area contributed by atoms with Gasteiger partial charge in [-0.1, -0.05) is 183 Å². The van der Waals surface area contributed by atoms with Gasteiger partial charge in [-0.05, 0) is 80.6 Å². The first-order chi connectivity index (χ1) is 26.7. The lowest BCUT2D eigenvalue weighted by atomic mass is 9.68. The van der Waals surface area contributed by atoms with Crippen molar-refractivity contribution < 1.29 is 0 Å². The van der Waals surface area contributed by atoms with Gasteiger partial charge in [0.1, 0.15) is 0 Å². The molecule has 3 nitrogen and oxygen atoms in total. The van der Waals surface area contributed by atoms with Crippen LogP contribution in [0.25, 0.3) is 78.7 Å². The van der Waals surface area contributed by atoms with Crippen molar-refractivity contribution in [1.29, 1.82) is 0 Å². The Morgan fingerprint density at radius 2 is 0.741 bits per heavy atom. The van der Waals surface area contributed by atoms with E-state index in [1.54, 1.807) is 0 Å². The third-order valence-corrected chi connectivity index (χ3v) is 11.5. The van der Waals surface area contributed by atoms with E-state index in [-0.39, 0.29) is 5.41 Å². The molecule has 2 aliphatic carbocycles. The Morgan fingerprint density at radius 1 is 0.315 bits per heavy atom. The van der Waals surface area contributed by atoms with Crippen LogP contribution < -0.4 is 0 Å². The van der Waals surface area contributed by atoms with E-state index in [4.69, 9.17) is 15.0 Å². The highest BCUT2D eigenvalue weighted by molar-refractivity contribution is 5.93. The molecule has 3 heteroatoms. The van der Waals surface area contributed by atoms with Crippen molar-refractivity contribution in [1.82, 2.24) is 15.0 Å². The maximum absolute atomic E-state index is 4.93. The van der Waals surface area contributed by atoms with Crippen molar-refractivity contribution in [2.75, 3.05) is 0 Å². The molecular weight excluding hydrogens is 655 g/mol. The van der Waals surface area contributed by atoms with E-state index in [1.165, 1.54) is 82.2 Å². The van der Waals surface area contributed by atoms with Gasteiger partial charge in [-0.25, -0.2) is 15.0 Å². The molecule has 0 bridgehead atoms. The summed E-state index contributed by atoms with van der Waals surface area (Å²) in [5, 5.41) is 0. The van der Waals surface area contributed by atoms with Gasteiger partial charge in [0.15, 0.2) is 17.5 Å². The quantitative estimate of drug-likeness (QED) is 0.174. The summed E-state index contributed by atoms with van der Waals surface area (Å²) in [6, 6.07) is 63.0. The summed E-state index contributed by atoms with van der Waals surface area (Å²) in [7, 11) is 0. The average Bonchev–Trinajstić information content (AvgIpc) is 3.53. The molecule has 1 aromatic heterocycles. The molecule has 10 rings (SSSR count). The summed E-state index contributed by atoms with van der Waals surface area (Å²) >= 11 is 0. The summed E-state index contributed by atoms with van der Waals surface area (Å²) in [4.78, 5) is 14.7. The summed E-state index contributed by atoms with van der Waals surface area (Å²) < 4.78 is 0. The van der Waals surface area contributed by atoms with Crippen LogP contribution in [0, 0.1) is 0 Å². The number of aromatic nitrogens is 3. The maximum atomic E-state index is 4.93. The molecule has 0 radical (unpaired) electrons. The molecule has 0 saturated heterocycles. The van der Waals surface area contributed by atoms with Gasteiger partial charge in [-0.3, -0.25) is 0 Å². The Labute approximate surface area is 317 Å². The average molecular weight is 694 g/mol. The monoisotopic (exact) mass is 693 g/mol. The van der Waals surface area contributed by atoms with E-state index >= 15 is 0 Å². The second-order valence-electron chi connectivity index (χ2n) is 14.7. The van der Waals surface area contributed by atoms with Crippen LogP contribution in [0.5, 0.6) is 0 Å². The van der Waals surface area contributed by atoms with E-state index in [2.05, 4.69) is 115 Å². The molecule has 0 aliphatic heterocycles. The van der Waals surface area contributed by atoms with Crippen molar-refractivity contribution in [2.45, 2.75) is 37.5 Å². The first-order valence-electron chi connectivity index (χ1n) is 19.2. The Kier molecular flexibility index (Phi) is 8.06. The van der Waals surface area contributed by atoms with E-state index in [0.717, 1.165) is 22.3 Å². The van der Waals surface area contributed by atoms with Gasteiger partial charge in [0, 0.05) is 22.1 Å². The van der Waals surface area contributed by atoms with Crippen LogP contribution >= 0.6 is 0 Å². The van der Waals surface area contributed by atoms with Crippen LogP contribution in [0.15, 0.2) is 176 Å². The number of fused-ring (bicyclic) bond motifs is 5. The second-order valence-corrected chi connectivity index (χ2v) is 14.7. The topological polar surface area (TPSA) is 38.7 Å². The van der Waals surface area contributed by atoms with Crippen LogP contribution in [-0.4, -0.2) is 15.0 Å². The smallest absolute Gasteiger partial charge is 0.164 e. The highest BCUT2D eigenvalue weighted by Crippen LogP contribution is 2.57. The first-order valence-corrected chi connectivity index (χ1v) is 19.2. The Balaban J connectivity index is 0.982. The largest absolute Gasteiger partial charge is 0.208 e. The van der Waals surface area contributed by atoms with Crippen molar-refractivity contribution in [3.63, 3.8) is 0 Å². The van der Waals surface area contributed by atoms with Gasteiger partial charge in [0.05, 0.1) is 0 Å². The lowest BCUT2D eigenvalue weighted by Gasteiger charge is -2.36. The van der Waals surface area contributed by atoms with Gasteiger partial charge in [-0.15, -0.1) is 0 Å². The minimum atomic E-state index is 0.152. The lowest BCUT2D eigenvalue weighted by Crippen LogP contribution is -2.27. The fourth-order valence-corrected chi connectivity index (χ4v) is 8.93. The first kappa shape index (κ1) is 32.2. The SMILES string of the molecule is c1ccc(-c2nc(-c3ccccc3)nc(-c3ccc(-c4cccc(-c5cccc(-c6cccc7c6-c6ccccc6C76CCCCC6)c5)c4)cc3)n2)cc1. The highest BCUT2D eigenvalue weighted by atomic mass is 15.0. The van der Waals surface area contributed by atoms with Gasteiger partial charge in [0.2, 0.25) is 0 Å². The third-order valence-electron chi connectivity index (χ3n) is 11.5.